The van der Waals surface area contributed by atoms with Crippen molar-refractivity contribution in [2.75, 3.05) is 19.0 Å². The van der Waals surface area contributed by atoms with Crippen LogP contribution in [0.2, 0.25) is 0 Å². The van der Waals surface area contributed by atoms with E-state index in [4.69, 9.17) is 11.7 Å². The summed E-state index contributed by atoms with van der Waals surface area (Å²) in [6, 6.07) is 10.7. The molecule has 3 aliphatic heterocycles. The molecule has 0 amide bonds. The molecule has 0 spiro atoms. The van der Waals surface area contributed by atoms with Gasteiger partial charge in [-0.3, -0.25) is 4.79 Å². The molecule has 14 heteroatoms. The van der Waals surface area contributed by atoms with Crippen LogP contribution in [0.1, 0.15) is 61.8 Å². The first kappa shape index (κ1) is 35.5. The monoisotopic (exact) mass is 776 g/mol. The van der Waals surface area contributed by atoms with E-state index in [1.165, 1.54) is 22.7 Å². The van der Waals surface area contributed by atoms with Crippen LogP contribution in [0.3, 0.4) is 0 Å². The average Bonchev–Trinajstić information content (AvgIpc) is 3.79. The molecule has 0 fully saturated rings. The fourth-order valence-electron chi connectivity index (χ4n) is 7.98. The smallest absolute Gasteiger partial charge is 0.303 e. The third-order valence-electron chi connectivity index (χ3n) is 11.0. The van der Waals surface area contributed by atoms with Crippen molar-refractivity contribution in [3.8, 4) is 32.4 Å². The standard InChI is InChI=1S/C39H31F3N2O6S3/c1-38(2)23-9-12-51-35(23)19-14-21-29(17-27(19)43(38)4)50-30-18-28-20(36-24(10-13-52-36)39(3,44(28)5)11-7-6-8-31(45)46)15-22(30)32(21)33-34(42)25(40)16-26(41)37(33)53(47,48)49/h1,9-10,12-18H,6-8,11H2,2-5H3,(H-,45,46,47,48,49). The van der Waals surface area contributed by atoms with Gasteiger partial charge in [0.2, 0.25) is 5.36 Å². The highest BCUT2D eigenvalue weighted by Crippen LogP contribution is 2.53. The second-order valence-corrected chi connectivity index (χ2v) is 17.1. The average molecular weight is 777 g/mol. The summed E-state index contributed by atoms with van der Waals surface area (Å²) in [6.07, 6.45) is 1.78. The van der Waals surface area contributed by atoms with Crippen LogP contribution in [0.5, 0.6) is 11.5 Å². The number of rotatable bonds is 7. The summed E-state index contributed by atoms with van der Waals surface area (Å²) < 4.78 is 93.8. The van der Waals surface area contributed by atoms with Gasteiger partial charge in [-0.2, -0.15) is 0 Å². The van der Waals surface area contributed by atoms with E-state index in [0.717, 1.165) is 20.9 Å². The number of halogens is 3. The molecule has 3 aromatic carbocycles. The van der Waals surface area contributed by atoms with Crippen molar-refractivity contribution in [2.24, 2.45) is 0 Å². The van der Waals surface area contributed by atoms with Crippen molar-refractivity contribution in [3.63, 3.8) is 0 Å². The van der Waals surface area contributed by atoms with Gasteiger partial charge >= 0.3 is 5.97 Å². The lowest BCUT2D eigenvalue weighted by molar-refractivity contribution is -0.137. The molecule has 2 atom stereocenters. The number of anilines is 1. The molecule has 53 heavy (non-hydrogen) atoms. The summed E-state index contributed by atoms with van der Waals surface area (Å²) in [6.45, 7) is 10.7. The van der Waals surface area contributed by atoms with Crippen molar-refractivity contribution < 1.29 is 40.8 Å². The molecule has 0 saturated heterocycles. The molecule has 0 saturated carbocycles. The summed E-state index contributed by atoms with van der Waals surface area (Å²) in [5.74, 6) is -5.69. The minimum atomic E-state index is -5.70. The topological polar surface area (TPSA) is 110 Å². The first-order chi connectivity index (χ1) is 24.9. The number of ether oxygens (including phenoxy) is 1. The first-order valence-corrected chi connectivity index (χ1v) is 19.8. The van der Waals surface area contributed by atoms with Gasteiger partial charge in [-0.1, -0.05) is 0 Å². The fourth-order valence-corrected chi connectivity index (χ4v) is 10.8. The maximum absolute atomic E-state index is 16.3. The van der Waals surface area contributed by atoms with Gasteiger partial charge in [0, 0.05) is 82.6 Å². The van der Waals surface area contributed by atoms with Crippen LogP contribution in [0.4, 0.5) is 18.9 Å². The number of hydrogen-bond donors (Lipinski definition) is 1. The van der Waals surface area contributed by atoms with Crippen molar-refractivity contribution in [2.45, 2.75) is 55.5 Å². The predicted molar refractivity (Wildman–Crippen MR) is 195 cm³/mol. The van der Waals surface area contributed by atoms with Gasteiger partial charge in [0.15, 0.2) is 17.2 Å². The zero-order valence-corrected chi connectivity index (χ0v) is 31.3. The van der Waals surface area contributed by atoms with Gasteiger partial charge in [-0.15, -0.1) is 22.7 Å². The van der Waals surface area contributed by atoms with E-state index in [0.29, 0.717) is 41.4 Å². The number of carboxylic acid groups (broad SMARTS) is 1. The second-order valence-electron chi connectivity index (χ2n) is 14.0. The Morgan fingerprint density at radius 3 is 2.32 bits per heavy atom. The van der Waals surface area contributed by atoms with E-state index in [9.17, 15) is 22.9 Å². The second kappa shape index (κ2) is 12.0. The molecule has 8 rings (SSSR count). The van der Waals surface area contributed by atoms with Crippen LogP contribution < -0.4 is 24.8 Å². The number of aliphatic carboxylic acids is 1. The molecule has 3 aliphatic rings. The Morgan fingerprint density at radius 1 is 0.962 bits per heavy atom. The zero-order chi connectivity index (χ0) is 37.9. The highest BCUT2D eigenvalue weighted by Gasteiger charge is 2.44. The van der Waals surface area contributed by atoms with Crippen LogP contribution >= 0.6 is 22.7 Å². The lowest BCUT2D eigenvalue weighted by Gasteiger charge is -2.43. The maximum atomic E-state index is 16.3. The van der Waals surface area contributed by atoms with E-state index in [1.807, 2.05) is 41.8 Å². The molecule has 0 aliphatic carbocycles. The molecular formula is C39H31F3N2O6S3. The Morgan fingerprint density at radius 2 is 1.64 bits per heavy atom. The van der Waals surface area contributed by atoms with Gasteiger partial charge in [0.25, 0.3) is 0 Å². The Hall–Kier alpha value is -4.50. The predicted octanol–water partition coefficient (Wildman–Crippen LogP) is 7.19. The van der Waals surface area contributed by atoms with Crippen LogP contribution in [-0.4, -0.2) is 38.1 Å². The van der Waals surface area contributed by atoms with Gasteiger partial charge in [-0.05, 0) is 67.3 Å². The molecule has 272 valence electrons. The molecule has 2 aromatic heterocycles. The van der Waals surface area contributed by atoms with E-state index in [-0.39, 0.29) is 40.3 Å². The quantitative estimate of drug-likeness (QED) is 0.0792. The Bertz CT molecular complexity index is 2680. The van der Waals surface area contributed by atoms with Crippen molar-refractivity contribution >= 4 is 50.0 Å². The number of carboxylic acids is 1. The molecule has 1 N–H and O–H groups in total. The van der Waals surface area contributed by atoms with Gasteiger partial charge in [0.05, 0.1) is 22.0 Å². The number of carbonyl (C=O) groups is 1. The molecule has 2 unspecified atom stereocenters. The number of thiophene rings is 2. The summed E-state index contributed by atoms with van der Waals surface area (Å²) in [7, 11) is -1.99. The summed E-state index contributed by atoms with van der Waals surface area (Å²) in [4.78, 5) is 13.2. The Labute approximate surface area is 311 Å². The third-order valence-corrected chi connectivity index (χ3v) is 13.8. The summed E-state index contributed by atoms with van der Waals surface area (Å²) in [5.41, 5.74) is 1.09. The minimum absolute atomic E-state index is 0.0422. The highest BCUT2D eigenvalue weighted by molar-refractivity contribution is 7.85. The third kappa shape index (κ3) is 5.20. The first-order valence-electron chi connectivity index (χ1n) is 16.7. The molecule has 8 nitrogen and oxygen atoms in total. The molecule has 5 aromatic rings. The van der Waals surface area contributed by atoms with Gasteiger partial charge in [-0.25, -0.2) is 26.2 Å². The Balaban J connectivity index is 1.49. The van der Waals surface area contributed by atoms with Gasteiger partial charge < -0.3 is 19.3 Å². The summed E-state index contributed by atoms with van der Waals surface area (Å²) >= 11 is 2.86. The number of fused-ring (bicyclic) bond motifs is 8. The zero-order valence-electron chi connectivity index (χ0n) is 28.8. The van der Waals surface area contributed by atoms with Crippen LogP contribution in [0, 0.1) is 24.4 Å². The van der Waals surface area contributed by atoms with E-state index >= 15 is 13.2 Å². The van der Waals surface area contributed by atoms with Crippen LogP contribution in [0.25, 0.3) is 26.5 Å². The Kier molecular flexibility index (Phi) is 8.05. The summed E-state index contributed by atoms with van der Waals surface area (Å²) in [5, 5.41) is 13.8. The number of nitrogens with zero attached hydrogens (tertiary/aromatic N) is 2. The molecule has 0 bridgehead atoms. The maximum Gasteiger partial charge on any atom is 0.303 e. The fraction of sp³-hybridized carbons (Fsp3) is 0.256. The van der Waals surface area contributed by atoms with Crippen molar-refractivity contribution in [3.05, 3.63) is 110 Å². The van der Waals surface area contributed by atoms with Crippen molar-refractivity contribution in [1.82, 2.24) is 4.58 Å². The van der Waals surface area contributed by atoms with E-state index < -0.39 is 55.1 Å². The normalized spacial score (nSPS) is 18.0. The minimum Gasteiger partial charge on any atom is -0.744 e. The highest BCUT2D eigenvalue weighted by atomic mass is 32.2. The molecule has 5 heterocycles. The lowest BCUT2D eigenvalue weighted by atomic mass is 9.81. The largest absolute Gasteiger partial charge is 0.744 e. The molecular weight excluding hydrogens is 746 g/mol. The SMILES string of the molecule is [CH]C1(C)c2ccsc2-c2cc3c(cc2N1C)Oc1cc2c(cc1=C3c1c(F)c(F)cc(F)c1S(=O)(=O)[O-])-c1sccc1C(C)(CCCCC(=O)O)[N+]=2C. The number of hydrogen-bond acceptors (Lipinski definition) is 8. The van der Waals surface area contributed by atoms with Crippen LogP contribution in [-0.2, 0) is 26.0 Å². The molecule has 2 radical (unpaired) electrons. The van der Waals surface area contributed by atoms with E-state index in [1.54, 1.807) is 31.3 Å². The van der Waals surface area contributed by atoms with Gasteiger partial charge in [0.1, 0.15) is 39.4 Å². The number of benzene rings is 3. The van der Waals surface area contributed by atoms with E-state index in [2.05, 4.69) is 11.5 Å². The van der Waals surface area contributed by atoms with Crippen molar-refractivity contribution in [1.29, 1.82) is 0 Å². The number of unbranched alkanes of at least 4 members (excludes halogenated alkanes) is 1. The van der Waals surface area contributed by atoms with Crippen LogP contribution in [0.15, 0.2) is 58.1 Å². The lowest BCUT2D eigenvalue weighted by Crippen LogP contribution is -2.48.